The Morgan fingerprint density at radius 3 is 2.77 bits per heavy atom. The van der Waals surface area contributed by atoms with Crippen molar-refractivity contribution in [2.24, 2.45) is 0 Å². The molecule has 2 amide bonds. The summed E-state index contributed by atoms with van der Waals surface area (Å²) in [7, 11) is 1.66. The fourth-order valence-corrected chi connectivity index (χ4v) is 3.12. The van der Waals surface area contributed by atoms with Crippen LogP contribution in [-0.4, -0.2) is 62.3 Å². The predicted octanol–water partition coefficient (Wildman–Crippen LogP) is 1.09. The Hall–Kier alpha value is -1.14. The van der Waals surface area contributed by atoms with Crippen molar-refractivity contribution in [3.63, 3.8) is 0 Å². The molecule has 0 bridgehead atoms. The molecule has 1 N–H and O–H groups in total. The van der Waals surface area contributed by atoms with Gasteiger partial charge < -0.3 is 19.7 Å². The largest absolute Gasteiger partial charge is 0.385 e. The van der Waals surface area contributed by atoms with Gasteiger partial charge in [-0.25, -0.2) is 0 Å². The van der Waals surface area contributed by atoms with Gasteiger partial charge in [0.2, 0.25) is 11.8 Å². The maximum absolute atomic E-state index is 12.2. The maximum Gasteiger partial charge on any atom is 0.223 e. The van der Waals surface area contributed by atoms with Crippen LogP contribution in [0.4, 0.5) is 0 Å². The molecule has 1 saturated heterocycles. The minimum Gasteiger partial charge on any atom is -0.385 e. The average molecular weight is 312 g/mol. The number of carbonyl (C=O) groups excluding carboxylic acids is 2. The van der Waals surface area contributed by atoms with Crippen molar-refractivity contribution in [2.45, 2.75) is 57.1 Å². The Morgan fingerprint density at radius 1 is 1.27 bits per heavy atom. The molecule has 2 rings (SSSR count). The van der Waals surface area contributed by atoms with Gasteiger partial charge in [0, 0.05) is 45.7 Å². The number of morpholine rings is 1. The molecule has 0 aromatic heterocycles. The van der Waals surface area contributed by atoms with Crippen molar-refractivity contribution in [3.8, 4) is 0 Å². The number of nitrogens with one attached hydrogen (secondary N) is 1. The third-order valence-electron chi connectivity index (χ3n) is 4.42. The highest BCUT2D eigenvalue weighted by atomic mass is 16.5. The van der Waals surface area contributed by atoms with Gasteiger partial charge in [0.15, 0.2) is 0 Å². The van der Waals surface area contributed by atoms with Crippen molar-refractivity contribution in [1.82, 2.24) is 10.2 Å². The first kappa shape index (κ1) is 17.2. The minimum absolute atomic E-state index is 0.00411. The molecule has 2 aliphatic rings. The number of ether oxygens (including phenoxy) is 2. The van der Waals surface area contributed by atoms with E-state index >= 15 is 0 Å². The molecular formula is C16H28N2O4. The zero-order valence-electron chi connectivity index (χ0n) is 13.5. The summed E-state index contributed by atoms with van der Waals surface area (Å²) in [4.78, 5) is 25.9. The van der Waals surface area contributed by atoms with Crippen LogP contribution in [0.5, 0.6) is 0 Å². The van der Waals surface area contributed by atoms with E-state index in [0.29, 0.717) is 32.3 Å². The number of hydrogen-bond acceptors (Lipinski definition) is 4. The van der Waals surface area contributed by atoms with Crippen LogP contribution in [0.3, 0.4) is 0 Å². The summed E-state index contributed by atoms with van der Waals surface area (Å²) in [6, 6.07) is 0.324. The van der Waals surface area contributed by atoms with Crippen molar-refractivity contribution < 1.29 is 19.1 Å². The number of methoxy groups -OCH3 is 1. The normalized spacial score (nSPS) is 22.8. The van der Waals surface area contributed by atoms with Crippen LogP contribution < -0.4 is 5.32 Å². The monoisotopic (exact) mass is 312 g/mol. The van der Waals surface area contributed by atoms with Gasteiger partial charge in [-0.05, 0) is 19.3 Å². The Morgan fingerprint density at radius 2 is 2.05 bits per heavy atom. The highest BCUT2D eigenvalue weighted by molar-refractivity contribution is 5.84. The second-order valence-electron chi connectivity index (χ2n) is 6.16. The third-order valence-corrected chi connectivity index (χ3v) is 4.42. The van der Waals surface area contributed by atoms with E-state index in [-0.39, 0.29) is 30.8 Å². The maximum atomic E-state index is 12.2. The molecular weight excluding hydrogens is 284 g/mol. The highest BCUT2D eigenvalue weighted by Crippen LogP contribution is 2.18. The van der Waals surface area contributed by atoms with Gasteiger partial charge in [-0.15, -0.1) is 0 Å². The molecule has 0 aromatic carbocycles. The molecule has 1 aliphatic heterocycles. The molecule has 0 spiro atoms. The quantitative estimate of drug-likeness (QED) is 0.764. The average Bonchev–Trinajstić information content (AvgIpc) is 3.03. The molecule has 22 heavy (non-hydrogen) atoms. The lowest BCUT2D eigenvalue weighted by Gasteiger charge is -2.33. The number of rotatable bonds is 7. The van der Waals surface area contributed by atoms with Gasteiger partial charge in [0.1, 0.15) is 0 Å². The summed E-state index contributed by atoms with van der Waals surface area (Å²) in [6.45, 7) is 2.42. The smallest absolute Gasteiger partial charge is 0.223 e. The highest BCUT2D eigenvalue weighted by Gasteiger charge is 2.24. The number of nitrogens with zero attached hydrogens (tertiary/aromatic N) is 1. The Balaban J connectivity index is 1.66. The summed E-state index contributed by atoms with van der Waals surface area (Å²) in [5.74, 6) is 0.0525. The zero-order valence-corrected chi connectivity index (χ0v) is 13.5. The second kappa shape index (κ2) is 9.10. The molecule has 0 radical (unpaired) electrons. The third kappa shape index (κ3) is 5.57. The summed E-state index contributed by atoms with van der Waals surface area (Å²) in [6.07, 6.45) is 5.95. The van der Waals surface area contributed by atoms with E-state index in [2.05, 4.69) is 5.32 Å². The van der Waals surface area contributed by atoms with Crippen LogP contribution in [0.15, 0.2) is 0 Å². The topological polar surface area (TPSA) is 67.9 Å². The lowest BCUT2D eigenvalue weighted by molar-refractivity contribution is -0.140. The van der Waals surface area contributed by atoms with E-state index in [0.717, 1.165) is 19.3 Å². The molecule has 1 saturated carbocycles. The van der Waals surface area contributed by atoms with Gasteiger partial charge in [-0.2, -0.15) is 0 Å². The van der Waals surface area contributed by atoms with Gasteiger partial charge >= 0.3 is 0 Å². The number of hydrogen-bond donors (Lipinski definition) is 1. The molecule has 1 aliphatic carbocycles. The summed E-state index contributed by atoms with van der Waals surface area (Å²) < 4.78 is 10.7. The Kier molecular flexibility index (Phi) is 7.12. The van der Waals surface area contributed by atoms with E-state index in [1.165, 1.54) is 12.8 Å². The van der Waals surface area contributed by atoms with Gasteiger partial charge in [0.25, 0.3) is 0 Å². The first-order chi connectivity index (χ1) is 10.7. The number of carbonyl (C=O) groups is 2. The van der Waals surface area contributed by atoms with Gasteiger partial charge in [-0.3, -0.25) is 9.59 Å². The molecule has 126 valence electrons. The van der Waals surface area contributed by atoms with Crippen molar-refractivity contribution >= 4 is 11.8 Å². The molecule has 0 unspecified atom stereocenters. The fraction of sp³-hybridized carbons (Fsp3) is 0.875. The molecule has 2 fully saturated rings. The lowest BCUT2D eigenvalue weighted by Crippen LogP contribution is -2.46. The van der Waals surface area contributed by atoms with Crippen LogP contribution >= 0.6 is 0 Å². The van der Waals surface area contributed by atoms with E-state index in [4.69, 9.17) is 9.47 Å². The van der Waals surface area contributed by atoms with E-state index in [9.17, 15) is 9.59 Å². The number of amides is 2. The van der Waals surface area contributed by atoms with Gasteiger partial charge in [0.05, 0.1) is 12.7 Å². The SMILES string of the molecule is COCC[C@@H]1CN(C(=O)CCC(=O)NC2CCCC2)CCO1. The Bertz CT molecular complexity index is 369. The molecule has 6 heteroatoms. The van der Waals surface area contributed by atoms with E-state index in [1.54, 1.807) is 7.11 Å². The van der Waals surface area contributed by atoms with Crippen LogP contribution in [0, 0.1) is 0 Å². The second-order valence-corrected chi connectivity index (χ2v) is 6.16. The molecule has 1 atom stereocenters. The molecule has 1 heterocycles. The first-order valence-corrected chi connectivity index (χ1v) is 8.36. The van der Waals surface area contributed by atoms with Crippen molar-refractivity contribution in [3.05, 3.63) is 0 Å². The Labute approximate surface area is 132 Å². The summed E-state index contributed by atoms with van der Waals surface area (Å²) in [5, 5.41) is 3.02. The van der Waals surface area contributed by atoms with Crippen molar-refractivity contribution in [1.29, 1.82) is 0 Å². The first-order valence-electron chi connectivity index (χ1n) is 8.36. The van der Waals surface area contributed by atoms with E-state index < -0.39 is 0 Å². The lowest BCUT2D eigenvalue weighted by atomic mass is 10.1. The van der Waals surface area contributed by atoms with E-state index in [1.807, 2.05) is 4.90 Å². The van der Waals surface area contributed by atoms with Crippen LogP contribution in [0.2, 0.25) is 0 Å². The van der Waals surface area contributed by atoms with Crippen molar-refractivity contribution in [2.75, 3.05) is 33.4 Å². The zero-order chi connectivity index (χ0) is 15.8. The summed E-state index contributed by atoms with van der Waals surface area (Å²) in [5.41, 5.74) is 0. The van der Waals surface area contributed by atoms with Crippen LogP contribution in [0.25, 0.3) is 0 Å². The van der Waals surface area contributed by atoms with Crippen LogP contribution in [0.1, 0.15) is 44.9 Å². The molecule has 6 nitrogen and oxygen atoms in total. The minimum atomic E-state index is 0.00411. The summed E-state index contributed by atoms with van der Waals surface area (Å²) >= 11 is 0. The standard InChI is InChI=1S/C16H28N2O4/c1-21-10-8-14-12-18(9-11-22-14)16(20)7-6-15(19)17-13-4-2-3-5-13/h13-14H,2-12H2,1H3,(H,17,19)/t14-/m1/s1. The van der Waals surface area contributed by atoms with Gasteiger partial charge in [-0.1, -0.05) is 12.8 Å². The molecule has 0 aromatic rings. The van der Waals surface area contributed by atoms with Crippen LogP contribution in [-0.2, 0) is 19.1 Å². The predicted molar refractivity (Wildman–Crippen MR) is 82.4 cm³/mol. The fourth-order valence-electron chi connectivity index (χ4n) is 3.12.